The summed E-state index contributed by atoms with van der Waals surface area (Å²) < 4.78 is 11.3. The van der Waals surface area contributed by atoms with Crippen LogP contribution in [0.5, 0.6) is 0 Å². The Balaban J connectivity index is 2.82. The lowest BCUT2D eigenvalue weighted by Gasteiger charge is -2.29. The van der Waals surface area contributed by atoms with Gasteiger partial charge < -0.3 is 4.90 Å². The van der Waals surface area contributed by atoms with Gasteiger partial charge in [0.2, 0.25) is 5.91 Å². The molecule has 1 saturated heterocycles. The van der Waals surface area contributed by atoms with E-state index in [1.165, 1.54) is 0 Å². The maximum absolute atomic E-state index is 12.5. The SMILES string of the molecule is CCC(C)C1NC(CC)N(C(C)CS(C)=O)C1=O. The van der Waals surface area contributed by atoms with Crippen LogP contribution < -0.4 is 5.32 Å². The van der Waals surface area contributed by atoms with E-state index in [2.05, 4.69) is 26.1 Å². The fraction of sp³-hybridized carbons (Fsp3) is 0.923. The van der Waals surface area contributed by atoms with Crippen LogP contribution in [-0.2, 0) is 15.6 Å². The maximum Gasteiger partial charge on any atom is 0.241 e. The minimum Gasteiger partial charge on any atom is -0.322 e. The quantitative estimate of drug-likeness (QED) is 0.795. The molecule has 0 radical (unpaired) electrons. The van der Waals surface area contributed by atoms with Gasteiger partial charge in [-0.25, -0.2) is 0 Å². The van der Waals surface area contributed by atoms with Gasteiger partial charge in [-0.15, -0.1) is 0 Å². The molecule has 1 heterocycles. The number of carbonyl (C=O) groups is 1. The minimum atomic E-state index is -0.869. The number of nitrogens with zero attached hydrogens (tertiary/aromatic N) is 1. The fourth-order valence-electron chi connectivity index (χ4n) is 2.58. The van der Waals surface area contributed by atoms with Gasteiger partial charge in [0.25, 0.3) is 0 Å². The predicted molar refractivity (Wildman–Crippen MR) is 75.7 cm³/mol. The third-order valence-electron chi connectivity index (χ3n) is 3.78. The number of carbonyl (C=O) groups excluding carboxylic acids is 1. The lowest BCUT2D eigenvalue weighted by Crippen LogP contribution is -2.45. The second kappa shape index (κ2) is 6.66. The van der Waals surface area contributed by atoms with E-state index >= 15 is 0 Å². The number of hydrogen-bond donors (Lipinski definition) is 1. The highest BCUT2D eigenvalue weighted by Crippen LogP contribution is 2.23. The van der Waals surface area contributed by atoms with Crippen molar-refractivity contribution in [1.29, 1.82) is 0 Å². The van der Waals surface area contributed by atoms with Crippen molar-refractivity contribution >= 4 is 16.7 Å². The van der Waals surface area contributed by atoms with Crippen LogP contribution in [0.1, 0.15) is 40.5 Å². The van der Waals surface area contributed by atoms with Crippen molar-refractivity contribution in [2.24, 2.45) is 5.92 Å². The largest absolute Gasteiger partial charge is 0.322 e. The third-order valence-corrected chi connectivity index (χ3v) is 4.73. The smallest absolute Gasteiger partial charge is 0.241 e. The first-order chi connectivity index (χ1) is 8.42. The predicted octanol–water partition coefficient (Wildman–Crippen LogP) is 1.34. The van der Waals surface area contributed by atoms with E-state index < -0.39 is 10.8 Å². The molecule has 1 fully saturated rings. The average molecular weight is 274 g/mol. The summed E-state index contributed by atoms with van der Waals surface area (Å²) in [5.74, 6) is 1.07. The van der Waals surface area contributed by atoms with Crippen molar-refractivity contribution in [3.63, 3.8) is 0 Å². The lowest BCUT2D eigenvalue weighted by molar-refractivity contribution is -0.132. The van der Waals surface area contributed by atoms with Crippen molar-refractivity contribution in [3.05, 3.63) is 0 Å². The van der Waals surface area contributed by atoms with Gasteiger partial charge in [0, 0.05) is 28.9 Å². The molecule has 0 spiro atoms. The van der Waals surface area contributed by atoms with Crippen LogP contribution in [0, 0.1) is 5.92 Å². The van der Waals surface area contributed by atoms with Crippen molar-refractivity contribution < 1.29 is 9.00 Å². The monoisotopic (exact) mass is 274 g/mol. The first-order valence-corrected chi connectivity index (χ1v) is 8.53. The summed E-state index contributed by atoms with van der Waals surface area (Å²) in [7, 11) is -0.869. The van der Waals surface area contributed by atoms with Crippen LogP contribution in [-0.4, -0.2) is 45.3 Å². The Morgan fingerprint density at radius 3 is 2.44 bits per heavy atom. The molecule has 1 rings (SSSR count). The second-order valence-corrected chi connectivity index (χ2v) is 6.77. The molecule has 0 aliphatic carbocycles. The Hall–Kier alpha value is -0.420. The molecule has 0 bridgehead atoms. The fourth-order valence-corrected chi connectivity index (χ4v) is 3.42. The molecule has 4 nitrogen and oxygen atoms in total. The van der Waals surface area contributed by atoms with Gasteiger partial charge in [-0.3, -0.25) is 14.3 Å². The highest BCUT2D eigenvalue weighted by atomic mass is 32.2. The topological polar surface area (TPSA) is 49.4 Å². The third kappa shape index (κ3) is 3.32. The van der Waals surface area contributed by atoms with Crippen molar-refractivity contribution in [3.8, 4) is 0 Å². The van der Waals surface area contributed by atoms with Gasteiger partial charge >= 0.3 is 0 Å². The Bertz CT molecular complexity index is 322. The first kappa shape index (κ1) is 15.6. The molecule has 1 aliphatic rings. The molecule has 0 aromatic heterocycles. The summed E-state index contributed by atoms with van der Waals surface area (Å²) in [5, 5.41) is 3.42. The van der Waals surface area contributed by atoms with Gasteiger partial charge in [-0.1, -0.05) is 27.2 Å². The Labute approximate surface area is 113 Å². The molecule has 5 heteroatoms. The van der Waals surface area contributed by atoms with Crippen LogP contribution >= 0.6 is 0 Å². The zero-order valence-corrected chi connectivity index (χ0v) is 12.9. The summed E-state index contributed by atoms with van der Waals surface area (Å²) in [5.41, 5.74) is 0. The molecular formula is C13H26N2O2S. The Morgan fingerprint density at radius 1 is 1.39 bits per heavy atom. The summed E-state index contributed by atoms with van der Waals surface area (Å²) in [6.07, 6.45) is 3.66. The normalized spacial score (nSPS) is 29.4. The minimum absolute atomic E-state index is 0.0369. The summed E-state index contributed by atoms with van der Waals surface area (Å²) in [6, 6.07) is -0.0393. The van der Waals surface area contributed by atoms with E-state index in [1.54, 1.807) is 6.26 Å². The summed E-state index contributed by atoms with van der Waals surface area (Å²) in [4.78, 5) is 14.4. The van der Waals surface area contributed by atoms with E-state index in [0.29, 0.717) is 11.7 Å². The van der Waals surface area contributed by atoms with Crippen molar-refractivity contribution in [1.82, 2.24) is 10.2 Å². The van der Waals surface area contributed by atoms with Gasteiger partial charge in [0.05, 0.1) is 12.2 Å². The van der Waals surface area contributed by atoms with Gasteiger partial charge in [0.15, 0.2) is 0 Å². The van der Waals surface area contributed by atoms with E-state index in [-0.39, 0.29) is 24.2 Å². The summed E-state index contributed by atoms with van der Waals surface area (Å²) in [6.45, 7) is 8.28. The lowest BCUT2D eigenvalue weighted by atomic mass is 9.99. The highest BCUT2D eigenvalue weighted by molar-refractivity contribution is 7.84. The van der Waals surface area contributed by atoms with E-state index in [4.69, 9.17) is 0 Å². The second-order valence-electron chi connectivity index (χ2n) is 5.29. The molecule has 5 atom stereocenters. The number of amides is 1. The van der Waals surface area contributed by atoms with Gasteiger partial charge in [-0.2, -0.15) is 0 Å². The van der Waals surface area contributed by atoms with Gasteiger partial charge in [0.1, 0.15) is 0 Å². The number of hydrogen-bond acceptors (Lipinski definition) is 3. The zero-order chi connectivity index (χ0) is 13.9. The molecule has 106 valence electrons. The highest BCUT2D eigenvalue weighted by Gasteiger charge is 2.42. The molecule has 0 saturated carbocycles. The zero-order valence-electron chi connectivity index (χ0n) is 12.1. The molecule has 1 aliphatic heterocycles. The number of nitrogens with one attached hydrogen (secondary N) is 1. The van der Waals surface area contributed by atoms with Crippen LogP contribution in [0.2, 0.25) is 0 Å². The van der Waals surface area contributed by atoms with E-state index in [0.717, 1.165) is 12.8 Å². The molecule has 1 N–H and O–H groups in total. The molecule has 0 aromatic carbocycles. The van der Waals surface area contributed by atoms with Crippen molar-refractivity contribution in [2.45, 2.75) is 58.8 Å². The standard InChI is InChI=1S/C13H26N2O2S/c1-6-9(3)12-13(16)15(11(7-2)14-12)10(4)8-18(5)17/h9-12,14H,6-8H2,1-5H3. The first-order valence-electron chi connectivity index (χ1n) is 6.80. The molecule has 1 amide bonds. The van der Waals surface area contributed by atoms with E-state index in [1.807, 2.05) is 11.8 Å². The van der Waals surface area contributed by atoms with Crippen LogP contribution in [0.3, 0.4) is 0 Å². The molecule has 5 unspecified atom stereocenters. The number of rotatable bonds is 6. The van der Waals surface area contributed by atoms with Crippen LogP contribution in [0.25, 0.3) is 0 Å². The average Bonchev–Trinajstić information content (AvgIpc) is 2.64. The van der Waals surface area contributed by atoms with Crippen LogP contribution in [0.4, 0.5) is 0 Å². The van der Waals surface area contributed by atoms with Crippen LogP contribution in [0.15, 0.2) is 0 Å². The molecule has 18 heavy (non-hydrogen) atoms. The van der Waals surface area contributed by atoms with Gasteiger partial charge in [-0.05, 0) is 19.3 Å². The Kier molecular flexibility index (Phi) is 5.79. The molecule has 0 aromatic rings. The Morgan fingerprint density at radius 2 is 2.00 bits per heavy atom. The summed E-state index contributed by atoms with van der Waals surface area (Å²) >= 11 is 0. The van der Waals surface area contributed by atoms with Crippen molar-refractivity contribution in [2.75, 3.05) is 12.0 Å². The van der Waals surface area contributed by atoms with E-state index in [9.17, 15) is 9.00 Å². The molecular weight excluding hydrogens is 248 g/mol. The maximum atomic E-state index is 12.5.